The molecule has 0 aromatic carbocycles. The Bertz CT molecular complexity index is 78.8. The number of alkyl halides is 1. The average Bonchev–Trinajstić information content (AvgIpc) is 2.14. The van der Waals surface area contributed by atoms with Crippen LogP contribution in [-0.2, 0) is 4.74 Å². The molecule has 0 amide bonds. The molecule has 2 nitrogen and oxygen atoms in total. The monoisotopic (exact) mass is 119 g/mol. The molecule has 48 valence electrons. The number of methoxy groups -OCH3 is 1. The lowest BCUT2D eigenvalue weighted by Gasteiger charge is -2.06. The summed E-state index contributed by atoms with van der Waals surface area (Å²) in [7, 11) is 1.53. The van der Waals surface area contributed by atoms with Crippen LogP contribution in [0, 0.1) is 0 Å². The van der Waals surface area contributed by atoms with Crippen molar-refractivity contribution >= 4 is 0 Å². The van der Waals surface area contributed by atoms with Gasteiger partial charge in [-0.2, -0.15) is 0 Å². The number of rotatable bonds is 1. The van der Waals surface area contributed by atoms with Gasteiger partial charge in [-0.05, 0) is 0 Å². The van der Waals surface area contributed by atoms with Gasteiger partial charge in [0.25, 0.3) is 0 Å². The number of ether oxygens (including phenoxy) is 1. The van der Waals surface area contributed by atoms with Crippen molar-refractivity contribution in [2.24, 2.45) is 0 Å². The van der Waals surface area contributed by atoms with Crippen LogP contribution in [-0.4, -0.2) is 32.5 Å². The van der Waals surface area contributed by atoms with Crippen LogP contribution in [0.3, 0.4) is 0 Å². The highest BCUT2D eigenvalue weighted by molar-refractivity contribution is 4.80. The van der Waals surface area contributed by atoms with E-state index in [9.17, 15) is 4.39 Å². The normalized spacial score (nSPS) is 38.2. The van der Waals surface area contributed by atoms with Crippen LogP contribution in [0.1, 0.15) is 0 Å². The fourth-order valence-corrected chi connectivity index (χ4v) is 0.854. The Morgan fingerprint density at radius 1 is 1.62 bits per heavy atom. The minimum atomic E-state index is -0.806. The average molecular weight is 119 g/mol. The maximum atomic E-state index is 12.4. The highest BCUT2D eigenvalue weighted by Gasteiger charge is 2.25. The van der Waals surface area contributed by atoms with E-state index >= 15 is 0 Å². The molecule has 0 aromatic heterocycles. The van der Waals surface area contributed by atoms with Crippen LogP contribution in [0.5, 0.6) is 0 Å². The van der Waals surface area contributed by atoms with E-state index < -0.39 is 6.17 Å². The summed E-state index contributed by atoms with van der Waals surface area (Å²) in [5, 5.41) is 2.87. The molecule has 0 aromatic rings. The molecule has 0 unspecified atom stereocenters. The van der Waals surface area contributed by atoms with E-state index in [-0.39, 0.29) is 6.10 Å². The van der Waals surface area contributed by atoms with E-state index in [0.717, 1.165) is 0 Å². The molecule has 0 saturated carbocycles. The second-order valence-electron chi connectivity index (χ2n) is 1.95. The van der Waals surface area contributed by atoms with Crippen molar-refractivity contribution in [1.29, 1.82) is 0 Å². The summed E-state index contributed by atoms with van der Waals surface area (Å²) < 4.78 is 17.2. The van der Waals surface area contributed by atoms with Gasteiger partial charge in [-0.1, -0.05) is 0 Å². The molecule has 1 N–H and O–H groups in total. The Morgan fingerprint density at radius 2 is 2.38 bits per heavy atom. The molecule has 1 aliphatic rings. The van der Waals surface area contributed by atoms with Crippen LogP contribution < -0.4 is 5.32 Å². The van der Waals surface area contributed by atoms with Crippen LogP contribution >= 0.6 is 0 Å². The third-order valence-corrected chi connectivity index (χ3v) is 1.39. The van der Waals surface area contributed by atoms with Gasteiger partial charge in [-0.3, -0.25) is 0 Å². The Balaban J connectivity index is 2.30. The molecule has 2 atom stereocenters. The number of hydrogen-bond acceptors (Lipinski definition) is 2. The molecule has 3 heteroatoms. The summed E-state index contributed by atoms with van der Waals surface area (Å²) in [6.07, 6.45) is -1.02. The van der Waals surface area contributed by atoms with E-state index in [1.54, 1.807) is 0 Å². The Kier molecular flexibility index (Phi) is 1.81. The Hall–Kier alpha value is -0.150. The van der Waals surface area contributed by atoms with Crippen molar-refractivity contribution in [3.05, 3.63) is 0 Å². The van der Waals surface area contributed by atoms with Crippen molar-refractivity contribution < 1.29 is 9.13 Å². The first kappa shape index (κ1) is 5.98. The number of nitrogens with one attached hydrogen (secondary N) is 1. The van der Waals surface area contributed by atoms with E-state index in [1.807, 2.05) is 0 Å². The second kappa shape index (κ2) is 2.42. The first-order valence-corrected chi connectivity index (χ1v) is 2.72. The zero-order valence-corrected chi connectivity index (χ0v) is 4.86. The summed E-state index contributed by atoms with van der Waals surface area (Å²) in [4.78, 5) is 0. The van der Waals surface area contributed by atoms with Crippen molar-refractivity contribution in [2.45, 2.75) is 12.3 Å². The third kappa shape index (κ3) is 0.980. The van der Waals surface area contributed by atoms with Gasteiger partial charge in [0.1, 0.15) is 12.3 Å². The zero-order valence-electron chi connectivity index (χ0n) is 4.86. The molecule has 1 heterocycles. The summed E-state index contributed by atoms with van der Waals surface area (Å²) >= 11 is 0. The predicted octanol–water partition coefficient (Wildman–Crippen LogP) is -0.0573. The molecule has 1 saturated heterocycles. The SMILES string of the molecule is CO[C@@H]1CNC[C@@H]1F. The first-order chi connectivity index (χ1) is 3.84. The summed E-state index contributed by atoms with van der Waals surface area (Å²) in [5.74, 6) is 0. The lowest BCUT2D eigenvalue weighted by atomic mass is 10.3. The topological polar surface area (TPSA) is 21.3 Å². The van der Waals surface area contributed by atoms with Gasteiger partial charge in [0.15, 0.2) is 0 Å². The van der Waals surface area contributed by atoms with Crippen molar-refractivity contribution in [3.8, 4) is 0 Å². The lowest BCUT2D eigenvalue weighted by Crippen LogP contribution is -2.21. The fourth-order valence-electron chi connectivity index (χ4n) is 0.854. The van der Waals surface area contributed by atoms with E-state index in [1.165, 1.54) is 7.11 Å². The van der Waals surface area contributed by atoms with Crippen molar-refractivity contribution in [1.82, 2.24) is 5.32 Å². The zero-order chi connectivity index (χ0) is 5.98. The van der Waals surface area contributed by atoms with Crippen LogP contribution in [0.15, 0.2) is 0 Å². The smallest absolute Gasteiger partial charge is 0.140 e. The Labute approximate surface area is 48.0 Å². The molecule has 0 aliphatic carbocycles. The van der Waals surface area contributed by atoms with Gasteiger partial charge >= 0.3 is 0 Å². The van der Waals surface area contributed by atoms with Crippen LogP contribution in [0.4, 0.5) is 4.39 Å². The maximum Gasteiger partial charge on any atom is 0.140 e. The second-order valence-corrected chi connectivity index (χ2v) is 1.95. The van der Waals surface area contributed by atoms with Gasteiger partial charge in [-0.25, -0.2) is 4.39 Å². The minimum absolute atomic E-state index is 0.213. The van der Waals surface area contributed by atoms with Gasteiger partial charge in [0, 0.05) is 20.2 Å². The van der Waals surface area contributed by atoms with E-state index in [4.69, 9.17) is 4.74 Å². The number of hydrogen-bond donors (Lipinski definition) is 1. The highest BCUT2D eigenvalue weighted by atomic mass is 19.1. The lowest BCUT2D eigenvalue weighted by molar-refractivity contribution is 0.0647. The van der Waals surface area contributed by atoms with Crippen LogP contribution in [0.2, 0.25) is 0 Å². The predicted molar refractivity (Wildman–Crippen MR) is 28.6 cm³/mol. The van der Waals surface area contributed by atoms with E-state index in [2.05, 4.69) is 5.32 Å². The van der Waals surface area contributed by atoms with E-state index in [0.29, 0.717) is 13.1 Å². The van der Waals surface area contributed by atoms with Gasteiger partial charge in [0.05, 0.1) is 0 Å². The van der Waals surface area contributed by atoms with Crippen molar-refractivity contribution in [3.63, 3.8) is 0 Å². The maximum absolute atomic E-state index is 12.4. The van der Waals surface area contributed by atoms with Gasteiger partial charge in [0.2, 0.25) is 0 Å². The minimum Gasteiger partial charge on any atom is -0.377 e. The molecule has 1 rings (SSSR count). The molecule has 1 aliphatic heterocycles. The van der Waals surface area contributed by atoms with Gasteiger partial charge < -0.3 is 10.1 Å². The quantitative estimate of drug-likeness (QED) is 0.522. The largest absolute Gasteiger partial charge is 0.377 e. The molecule has 0 radical (unpaired) electrons. The molecule has 0 bridgehead atoms. The standard InChI is InChI=1S/C5H10FNO/c1-8-5-3-7-2-4(5)6/h4-5,7H,2-3H2,1H3/t4-,5+/m0/s1. The Morgan fingerprint density at radius 3 is 2.62 bits per heavy atom. The summed E-state index contributed by atoms with van der Waals surface area (Å²) in [6, 6.07) is 0. The molecular formula is C5H10FNO. The number of halogens is 1. The molecule has 1 fully saturated rings. The van der Waals surface area contributed by atoms with Crippen LogP contribution in [0.25, 0.3) is 0 Å². The van der Waals surface area contributed by atoms with Crippen molar-refractivity contribution in [2.75, 3.05) is 20.2 Å². The van der Waals surface area contributed by atoms with Gasteiger partial charge in [-0.15, -0.1) is 0 Å². The third-order valence-electron chi connectivity index (χ3n) is 1.39. The first-order valence-electron chi connectivity index (χ1n) is 2.72. The fraction of sp³-hybridized carbons (Fsp3) is 1.00. The highest BCUT2D eigenvalue weighted by Crippen LogP contribution is 2.06. The summed E-state index contributed by atoms with van der Waals surface area (Å²) in [6.45, 7) is 1.09. The molecular weight excluding hydrogens is 109 g/mol. The molecule has 0 spiro atoms. The molecule has 8 heavy (non-hydrogen) atoms. The summed E-state index contributed by atoms with van der Waals surface area (Å²) in [5.41, 5.74) is 0.